The van der Waals surface area contributed by atoms with Gasteiger partial charge in [0.15, 0.2) is 0 Å². The number of fused-ring (bicyclic) bond motifs is 1. The number of carbonyl (C=O) groups is 1. The number of ether oxygens (including phenoxy) is 1. The van der Waals surface area contributed by atoms with E-state index in [-0.39, 0.29) is 23.8 Å². The van der Waals surface area contributed by atoms with E-state index in [1.807, 2.05) is 24.3 Å². The predicted molar refractivity (Wildman–Crippen MR) is 119 cm³/mol. The van der Waals surface area contributed by atoms with Gasteiger partial charge in [0, 0.05) is 39.1 Å². The number of para-hydroxylation sites is 2. The molecule has 0 atom stereocenters. The zero-order valence-electron chi connectivity index (χ0n) is 17.0. The number of methoxy groups -OCH3 is 1. The Bertz CT molecular complexity index is 1170. The lowest BCUT2D eigenvalue weighted by Gasteiger charge is -2.36. The van der Waals surface area contributed by atoms with Gasteiger partial charge < -0.3 is 14.5 Å². The lowest BCUT2D eigenvalue weighted by molar-refractivity contribution is -0.131. The van der Waals surface area contributed by atoms with Crippen molar-refractivity contribution in [2.24, 2.45) is 0 Å². The van der Waals surface area contributed by atoms with E-state index >= 15 is 0 Å². The van der Waals surface area contributed by atoms with Gasteiger partial charge in [0.2, 0.25) is 15.9 Å². The Morgan fingerprint density at radius 3 is 2.65 bits per heavy atom. The van der Waals surface area contributed by atoms with Crippen molar-refractivity contribution in [2.75, 3.05) is 44.7 Å². The minimum absolute atomic E-state index is 0.0296. The van der Waals surface area contributed by atoms with Gasteiger partial charge in [0.25, 0.3) is 0 Å². The van der Waals surface area contributed by atoms with Crippen LogP contribution in [0, 0.1) is 0 Å². The van der Waals surface area contributed by atoms with Crippen molar-refractivity contribution >= 4 is 44.4 Å². The van der Waals surface area contributed by atoms with Crippen molar-refractivity contribution in [3.05, 3.63) is 42.5 Å². The molecule has 1 aliphatic heterocycles. The summed E-state index contributed by atoms with van der Waals surface area (Å²) >= 11 is 0.967. The number of nitrogens with zero attached hydrogens (tertiary/aromatic N) is 4. The quantitative estimate of drug-likeness (QED) is 0.571. The molecule has 1 aliphatic rings. The van der Waals surface area contributed by atoms with Crippen molar-refractivity contribution < 1.29 is 17.9 Å². The van der Waals surface area contributed by atoms with E-state index in [0.717, 1.165) is 23.2 Å². The first-order valence-corrected chi connectivity index (χ1v) is 12.1. The zero-order valence-corrected chi connectivity index (χ0v) is 18.7. The summed E-state index contributed by atoms with van der Waals surface area (Å²) in [6.45, 7) is 2.57. The standard InChI is InChI=1S/C20H23N5O4S2/c1-29-17-7-3-2-6-16(17)24-11-13-25(14-12-24)19(26)9-10-21-31(27,28)18-8-4-5-15-20(18)23-30-22-15/h2-8,21H,9-14H2,1H3. The summed E-state index contributed by atoms with van der Waals surface area (Å²) in [6.07, 6.45) is 0.0964. The Hall–Kier alpha value is -2.76. The molecule has 1 aromatic heterocycles. The van der Waals surface area contributed by atoms with Crippen LogP contribution < -0.4 is 14.4 Å². The van der Waals surface area contributed by atoms with Gasteiger partial charge in [0.1, 0.15) is 21.7 Å². The molecule has 1 N–H and O–H groups in total. The van der Waals surface area contributed by atoms with Crippen molar-refractivity contribution in [2.45, 2.75) is 11.3 Å². The van der Waals surface area contributed by atoms with Crippen LogP contribution in [0.1, 0.15) is 6.42 Å². The normalized spacial score (nSPS) is 14.7. The summed E-state index contributed by atoms with van der Waals surface area (Å²) in [5.74, 6) is 0.734. The van der Waals surface area contributed by atoms with Crippen molar-refractivity contribution in [1.82, 2.24) is 18.4 Å². The third-order valence-electron chi connectivity index (χ3n) is 5.23. The highest BCUT2D eigenvalue weighted by atomic mass is 32.2. The molecule has 1 amide bonds. The van der Waals surface area contributed by atoms with Crippen molar-refractivity contribution in [1.29, 1.82) is 0 Å². The number of anilines is 1. The van der Waals surface area contributed by atoms with Gasteiger partial charge in [-0.3, -0.25) is 4.79 Å². The minimum atomic E-state index is -3.77. The summed E-state index contributed by atoms with van der Waals surface area (Å²) in [5, 5.41) is 0. The Labute approximate surface area is 185 Å². The molecule has 1 saturated heterocycles. The number of nitrogens with one attached hydrogen (secondary N) is 1. The van der Waals surface area contributed by atoms with Gasteiger partial charge in [-0.15, -0.1) is 0 Å². The summed E-state index contributed by atoms with van der Waals surface area (Å²) in [5.41, 5.74) is 1.89. The summed E-state index contributed by atoms with van der Waals surface area (Å²) in [4.78, 5) is 16.6. The molecule has 1 fully saturated rings. The summed E-state index contributed by atoms with van der Waals surface area (Å²) in [6, 6.07) is 12.6. The lowest BCUT2D eigenvalue weighted by Crippen LogP contribution is -2.49. The minimum Gasteiger partial charge on any atom is -0.495 e. The molecular weight excluding hydrogens is 438 g/mol. The van der Waals surface area contributed by atoms with E-state index in [0.29, 0.717) is 37.2 Å². The molecule has 2 aromatic carbocycles. The maximum Gasteiger partial charge on any atom is 0.242 e. The largest absolute Gasteiger partial charge is 0.495 e. The third-order valence-corrected chi connectivity index (χ3v) is 7.26. The number of hydrogen-bond acceptors (Lipinski definition) is 8. The fraction of sp³-hybridized carbons (Fsp3) is 0.350. The lowest BCUT2D eigenvalue weighted by atomic mass is 10.2. The van der Waals surface area contributed by atoms with Crippen molar-refractivity contribution in [3.8, 4) is 5.75 Å². The van der Waals surface area contributed by atoms with Crippen molar-refractivity contribution in [3.63, 3.8) is 0 Å². The highest BCUT2D eigenvalue weighted by molar-refractivity contribution is 7.89. The van der Waals surface area contributed by atoms with Gasteiger partial charge in [-0.1, -0.05) is 18.2 Å². The van der Waals surface area contributed by atoms with Gasteiger partial charge in [-0.05, 0) is 24.3 Å². The van der Waals surface area contributed by atoms with E-state index in [4.69, 9.17) is 4.74 Å². The number of piperazine rings is 1. The molecular formula is C20H23N5O4S2. The van der Waals surface area contributed by atoms with Crippen LogP contribution in [0.25, 0.3) is 11.0 Å². The van der Waals surface area contributed by atoms with Crippen LogP contribution in [0.5, 0.6) is 5.75 Å². The van der Waals surface area contributed by atoms with Crippen LogP contribution in [0.4, 0.5) is 5.69 Å². The number of sulfonamides is 1. The average molecular weight is 462 g/mol. The van der Waals surface area contributed by atoms with E-state index in [1.165, 1.54) is 6.07 Å². The van der Waals surface area contributed by atoms with Gasteiger partial charge in [-0.2, -0.15) is 8.75 Å². The van der Waals surface area contributed by atoms with Gasteiger partial charge in [-0.25, -0.2) is 13.1 Å². The second-order valence-corrected chi connectivity index (χ2v) is 9.34. The Morgan fingerprint density at radius 2 is 1.87 bits per heavy atom. The van der Waals surface area contributed by atoms with E-state index < -0.39 is 10.0 Å². The summed E-state index contributed by atoms with van der Waals surface area (Å²) < 4.78 is 41.4. The van der Waals surface area contributed by atoms with Crippen LogP contribution in [0.15, 0.2) is 47.4 Å². The number of carbonyl (C=O) groups excluding carboxylic acids is 1. The fourth-order valence-corrected chi connectivity index (χ4v) is 5.41. The first-order chi connectivity index (χ1) is 15.0. The molecule has 0 radical (unpaired) electrons. The zero-order chi connectivity index (χ0) is 21.8. The molecule has 31 heavy (non-hydrogen) atoms. The topological polar surface area (TPSA) is 105 Å². The van der Waals surface area contributed by atoms with Crippen LogP contribution in [-0.2, 0) is 14.8 Å². The maximum absolute atomic E-state index is 12.6. The highest BCUT2D eigenvalue weighted by Crippen LogP contribution is 2.28. The Kier molecular flexibility index (Phi) is 6.35. The molecule has 0 bridgehead atoms. The molecule has 11 heteroatoms. The molecule has 0 unspecified atom stereocenters. The van der Waals surface area contributed by atoms with Gasteiger partial charge in [0.05, 0.1) is 24.5 Å². The van der Waals surface area contributed by atoms with Crippen LogP contribution in [0.3, 0.4) is 0 Å². The predicted octanol–water partition coefficient (Wildman–Crippen LogP) is 1.72. The first kappa shape index (κ1) is 21.5. The fourth-order valence-electron chi connectivity index (χ4n) is 3.61. The second kappa shape index (κ2) is 9.16. The molecule has 0 spiro atoms. The second-order valence-electron chi connectivity index (χ2n) is 7.08. The monoisotopic (exact) mass is 461 g/mol. The molecule has 3 aromatic rings. The smallest absolute Gasteiger partial charge is 0.242 e. The highest BCUT2D eigenvalue weighted by Gasteiger charge is 2.24. The number of hydrogen-bond donors (Lipinski definition) is 1. The number of aromatic nitrogens is 2. The molecule has 0 saturated carbocycles. The molecule has 164 valence electrons. The van der Waals surface area contributed by atoms with E-state index in [1.54, 1.807) is 24.1 Å². The third kappa shape index (κ3) is 4.63. The summed E-state index contributed by atoms with van der Waals surface area (Å²) in [7, 11) is -2.13. The van der Waals surface area contributed by atoms with E-state index in [2.05, 4.69) is 18.4 Å². The molecule has 9 nitrogen and oxygen atoms in total. The SMILES string of the molecule is COc1ccccc1N1CCN(C(=O)CCNS(=O)(=O)c2cccc3nsnc23)CC1. The van der Waals surface area contributed by atoms with Gasteiger partial charge >= 0.3 is 0 Å². The van der Waals surface area contributed by atoms with Crippen LogP contribution in [0.2, 0.25) is 0 Å². The Balaban J connectivity index is 1.30. The number of rotatable bonds is 7. The van der Waals surface area contributed by atoms with Crippen LogP contribution >= 0.6 is 11.7 Å². The number of benzene rings is 2. The average Bonchev–Trinajstić information content (AvgIpc) is 3.28. The van der Waals surface area contributed by atoms with E-state index in [9.17, 15) is 13.2 Å². The molecule has 2 heterocycles. The number of amides is 1. The Morgan fingerprint density at radius 1 is 1.10 bits per heavy atom. The molecule has 4 rings (SSSR count). The first-order valence-electron chi connectivity index (χ1n) is 9.86. The maximum atomic E-state index is 12.6. The van der Waals surface area contributed by atoms with Crippen LogP contribution in [-0.4, -0.2) is 67.8 Å². The molecule has 0 aliphatic carbocycles.